The van der Waals surface area contributed by atoms with Crippen LogP contribution in [-0.4, -0.2) is 28.9 Å². The Bertz CT molecular complexity index is 607. The summed E-state index contributed by atoms with van der Waals surface area (Å²) in [6.45, 7) is 7.21. The van der Waals surface area contributed by atoms with E-state index in [1.54, 1.807) is 12.1 Å². The van der Waals surface area contributed by atoms with Crippen LogP contribution in [0.5, 0.6) is 0 Å². The van der Waals surface area contributed by atoms with Gasteiger partial charge in [0.15, 0.2) is 0 Å². The molecule has 1 aromatic carbocycles. The highest BCUT2D eigenvalue weighted by atomic mass is 35.5. The Morgan fingerprint density at radius 3 is 2.36 bits per heavy atom. The first-order valence-corrected chi connectivity index (χ1v) is 7.74. The Hall–Kier alpha value is -1.91. The van der Waals surface area contributed by atoms with Crippen molar-refractivity contribution in [2.75, 3.05) is 18.4 Å². The molecule has 0 fully saturated rings. The zero-order valence-corrected chi connectivity index (χ0v) is 13.6. The molecule has 2 aromatic rings. The molecule has 0 saturated carbocycles. The number of carbonyl (C=O) groups excluding carboxylic acids is 1. The third kappa shape index (κ3) is 4.55. The van der Waals surface area contributed by atoms with Gasteiger partial charge in [0.05, 0.1) is 5.02 Å². The van der Waals surface area contributed by atoms with Crippen molar-refractivity contribution < 1.29 is 4.79 Å². The third-order valence-corrected chi connectivity index (χ3v) is 3.71. The normalized spacial score (nSPS) is 10.7. The SMILES string of the molecule is CCN(CC)Cc1ccc(C(=O)Nc2ccc(Cl)cn2)cc1. The van der Waals surface area contributed by atoms with Crippen LogP contribution in [-0.2, 0) is 6.54 Å². The minimum atomic E-state index is -0.177. The van der Waals surface area contributed by atoms with Crippen LogP contribution < -0.4 is 5.32 Å². The number of nitrogens with one attached hydrogen (secondary N) is 1. The second-order valence-corrected chi connectivity index (χ2v) is 5.41. The fraction of sp³-hybridized carbons (Fsp3) is 0.294. The molecule has 0 unspecified atom stereocenters. The number of carbonyl (C=O) groups is 1. The van der Waals surface area contributed by atoms with Gasteiger partial charge in [-0.3, -0.25) is 9.69 Å². The zero-order chi connectivity index (χ0) is 15.9. The van der Waals surface area contributed by atoms with Crippen LogP contribution in [0, 0.1) is 0 Å². The minimum absolute atomic E-state index is 0.177. The van der Waals surface area contributed by atoms with Crippen LogP contribution in [0.15, 0.2) is 42.6 Å². The maximum atomic E-state index is 12.2. The molecule has 22 heavy (non-hydrogen) atoms. The number of pyridine rings is 1. The quantitative estimate of drug-likeness (QED) is 0.880. The number of nitrogens with zero attached hydrogens (tertiary/aromatic N) is 2. The van der Waals surface area contributed by atoms with Crippen LogP contribution in [0.4, 0.5) is 5.82 Å². The molecule has 1 heterocycles. The summed E-state index contributed by atoms with van der Waals surface area (Å²) in [5.41, 5.74) is 1.81. The Kier molecular flexibility index (Phi) is 5.92. The van der Waals surface area contributed by atoms with Crippen LogP contribution in [0.3, 0.4) is 0 Å². The molecule has 1 amide bonds. The first-order valence-electron chi connectivity index (χ1n) is 7.36. The number of amides is 1. The standard InChI is InChI=1S/C17H20ClN3O/c1-3-21(4-2)12-13-5-7-14(8-6-13)17(22)20-16-10-9-15(18)11-19-16/h5-11H,3-4,12H2,1-2H3,(H,19,20,22). The summed E-state index contributed by atoms with van der Waals surface area (Å²) >= 11 is 5.77. The molecule has 2 rings (SSSR count). The van der Waals surface area contributed by atoms with E-state index in [0.29, 0.717) is 16.4 Å². The summed E-state index contributed by atoms with van der Waals surface area (Å²) in [7, 11) is 0. The van der Waals surface area contributed by atoms with Crippen molar-refractivity contribution in [3.63, 3.8) is 0 Å². The lowest BCUT2D eigenvalue weighted by Crippen LogP contribution is -2.22. The molecule has 0 aliphatic rings. The second kappa shape index (κ2) is 7.92. The largest absolute Gasteiger partial charge is 0.307 e. The van der Waals surface area contributed by atoms with Gasteiger partial charge in [-0.05, 0) is 42.9 Å². The Balaban J connectivity index is 2.00. The van der Waals surface area contributed by atoms with Gasteiger partial charge in [-0.25, -0.2) is 4.98 Å². The van der Waals surface area contributed by atoms with E-state index in [1.807, 2.05) is 24.3 Å². The van der Waals surface area contributed by atoms with Gasteiger partial charge in [0.25, 0.3) is 5.91 Å². The topological polar surface area (TPSA) is 45.2 Å². The summed E-state index contributed by atoms with van der Waals surface area (Å²) in [4.78, 5) is 18.5. The highest BCUT2D eigenvalue weighted by Crippen LogP contribution is 2.12. The van der Waals surface area contributed by atoms with Crippen LogP contribution in [0.2, 0.25) is 5.02 Å². The lowest BCUT2D eigenvalue weighted by atomic mass is 10.1. The van der Waals surface area contributed by atoms with Crippen molar-refractivity contribution in [1.82, 2.24) is 9.88 Å². The minimum Gasteiger partial charge on any atom is -0.307 e. The van der Waals surface area contributed by atoms with Gasteiger partial charge in [-0.2, -0.15) is 0 Å². The van der Waals surface area contributed by atoms with E-state index in [4.69, 9.17) is 11.6 Å². The number of anilines is 1. The molecule has 0 aliphatic carbocycles. The Labute approximate surface area is 136 Å². The highest BCUT2D eigenvalue weighted by molar-refractivity contribution is 6.30. The summed E-state index contributed by atoms with van der Waals surface area (Å²) in [5.74, 6) is 0.311. The molecule has 0 atom stereocenters. The number of hydrogen-bond donors (Lipinski definition) is 1. The van der Waals surface area contributed by atoms with E-state index in [-0.39, 0.29) is 5.91 Å². The molecule has 0 spiro atoms. The predicted molar refractivity (Wildman–Crippen MR) is 90.3 cm³/mol. The summed E-state index contributed by atoms with van der Waals surface area (Å²) in [6, 6.07) is 11.0. The molecule has 116 valence electrons. The maximum Gasteiger partial charge on any atom is 0.256 e. The lowest BCUT2D eigenvalue weighted by Gasteiger charge is -2.18. The summed E-state index contributed by atoms with van der Waals surface area (Å²) in [5, 5.41) is 3.29. The number of hydrogen-bond acceptors (Lipinski definition) is 3. The van der Waals surface area contributed by atoms with Crippen molar-refractivity contribution in [1.29, 1.82) is 0 Å². The van der Waals surface area contributed by atoms with Crippen molar-refractivity contribution in [3.8, 4) is 0 Å². The molecule has 0 aliphatic heterocycles. The molecular formula is C17H20ClN3O. The first kappa shape index (κ1) is 16.5. The first-order chi connectivity index (χ1) is 10.6. The van der Waals surface area contributed by atoms with Crippen LogP contribution in [0.1, 0.15) is 29.8 Å². The fourth-order valence-electron chi connectivity index (χ4n) is 2.11. The van der Waals surface area contributed by atoms with Crippen molar-refractivity contribution >= 4 is 23.3 Å². The van der Waals surface area contributed by atoms with Gasteiger partial charge < -0.3 is 5.32 Å². The van der Waals surface area contributed by atoms with Gasteiger partial charge >= 0.3 is 0 Å². The molecule has 1 N–H and O–H groups in total. The molecule has 0 radical (unpaired) electrons. The summed E-state index contributed by atoms with van der Waals surface area (Å²) < 4.78 is 0. The molecule has 4 nitrogen and oxygen atoms in total. The van der Waals surface area contributed by atoms with Gasteiger partial charge in [-0.1, -0.05) is 37.6 Å². The number of aromatic nitrogens is 1. The van der Waals surface area contributed by atoms with Crippen molar-refractivity contribution in [2.24, 2.45) is 0 Å². The molecule has 0 saturated heterocycles. The number of rotatable bonds is 6. The van der Waals surface area contributed by atoms with E-state index in [2.05, 4.69) is 29.0 Å². The van der Waals surface area contributed by atoms with E-state index in [0.717, 1.165) is 19.6 Å². The van der Waals surface area contributed by atoms with Crippen molar-refractivity contribution in [2.45, 2.75) is 20.4 Å². The van der Waals surface area contributed by atoms with E-state index >= 15 is 0 Å². The van der Waals surface area contributed by atoms with Gasteiger partial charge in [0.1, 0.15) is 5.82 Å². The van der Waals surface area contributed by atoms with E-state index in [9.17, 15) is 4.79 Å². The van der Waals surface area contributed by atoms with Crippen molar-refractivity contribution in [3.05, 3.63) is 58.7 Å². The summed E-state index contributed by atoms with van der Waals surface area (Å²) in [6.07, 6.45) is 1.50. The smallest absolute Gasteiger partial charge is 0.256 e. The molecule has 1 aromatic heterocycles. The maximum absolute atomic E-state index is 12.2. The zero-order valence-electron chi connectivity index (χ0n) is 12.8. The second-order valence-electron chi connectivity index (χ2n) is 4.97. The van der Waals surface area contributed by atoms with E-state index in [1.165, 1.54) is 11.8 Å². The highest BCUT2D eigenvalue weighted by Gasteiger charge is 2.07. The molecule has 5 heteroatoms. The number of halogens is 1. The van der Waals surface area contributed by atoms with Gasteiger partial charge in [-0.15, -0.1) is 0 Å². The molecular weight excluding hydrogens is 298 g/mol. The van der Waals surface area contributed by atoms with Crippen LogP contribution >= 0.6 is 11.6 Å². The fourth-order valence-corrected chi connectivity index (χ4v) is 2.22. The average molecular weight is 318 g/mol. The lowest BCUT2D eigenvalue weighted by molar-refractivity contribution is 0.102. The molecule has 0 bridgehead atoms. The Morgan fingerprint density at radius 1 is 1.14 bits per heavy atom. The third-order valence-electron chi connectivity index (χ3n) is 3.49. The number of benzene rings is 1. The van der Waals surface area contributed by atoms with Gasteiger partial charge in [0.2, 0.25) is 0 Å². The van der Waals surface area contributed by atoms with Crippen LogP contribution in [0.25, 0.3) is 0 Å². The van der Waals surface area contributed by atoms with E-state index < -0.39 is 0 Å². The predicted octanol–water partition coefficient (Wildman–Crippen LogP) is 3.83. The van der Waals surface area contributed by atoms with Gasteiger partial charge in [0, 0.05) is 18.3 Å². The Morgan fingerprint density at radius 2 is 1.82 bits per heavy atom. The average Bonchev–Trinajstić information content (AvgIpc) is 2.55. The monoisotopic (exact) mass is 317 g/mol.